The molecule has 1 atom stereocenters. The Morgan fingerprint density at radius 2 is 2.12 bits per heavy atom. The number of hydrogen-bond donors (Lipinski definition) is 0. The Morgan fingerprint density at radius 1 is 1.29 bits per heavy atom. The summed E-state index contributed by atoms with van der Waals surface area (Å²) >= 11 is 0. The van der Waals surface area contributed by atoms with E-state index in [4.69, 9.17) is 4.74 Å². The number of fused-ring (bicyclic) bond motifs is 1. The molecule has 90 valence electrons. The molecule has 0 amide bonds. The van der Waals surface area contributed by atoms with E-state index < -0.39 is 0 Å². The summed E-state index contributed by atoms with van der Waals surface area (Å²) in [4.78, 5) is 4.54. The second-order valence-electron chi connectivity index (χ2n) is 4.52. The van der Waals surface area contributed by atoms with Crippen LogP contribution >= 0.6 is 0 Å². The van der Waals surface area contributed by atoms with E-state index in [1.54, 1.807) is 0 Å². The van der Waals surface area contributed by atoms with Gasteiger partial charge in [-0.25, -0.2) is 5.01 Å². The Morgan fingerprint density at radius 3 is 2.94 bits per heavy atom. The Kier molecular flexibility index (Phi) is 2.73. The summed E-state index contributed by atoms with van der Waals surface area (Å²) < 4.78 is 5.74. The van der Waals surface area contributed by atoms with E-state index in [1.807, 2.05) is 42.4 Å². The zero-order valence-electron chi connectivity index (χ0n) is 10.0. The monoisotopic (exact) mass is 231 g/mol. The summed E-state index contributed by atoms with van der Waals surface area (Å²) in [5, 5.41) is 4.40. The third-order valence-electron chi connectivity index (χ3n) is 3.39. The molecule has 3 rings (SSSR count). The highest BCUT2D eigenvalue weighted by atomic mass is 16.5. The third kappa shape index (κ3) is 2.00. The Bertz CT molecular complexity index is 418. The summed E-state index contributed by atoms with van der Waals surface area (Å²) in [5.41, 5.74) is 0.937. The van der Waals surface area contributed by atoms with Gasteiger partial charge in [0.1, 0.15) is 6.61 Å². The molecule has 0 N–H and O–H groups in total. The normalized spacial score (nSPS) is 27.0. The molecular formula is C13H17N3O. The smallest absolute Gasteiger partial charge is 0.307 e. The van der Waals surface area contributed by atoms with Gasteiger partial charge in [-0.15, -0.1) is 0 Å². The summed E-state index contributed by atoms with van der Waals surface area (Å²) in [6.07, 6.45) is 2.47. The first-order chi connectivity index (χ1) is 8.34. The van der Waals surface area contributed by atoms with Crippen molar-refractivity contribution in [1.82, 2.24) is 10.0 Å². The highest BCUT2D eigenvalue weighted by molar-refractivity contribution is 5.77. The molecule has 0 saturated carbocycles. The van der Waals surface area contributed by atoms with Crippen molar-refractivity contribution in [2.45, 2.75) is 18.9 Å². The van der Waals surface area contributed by atoms with Gasteiger partial charge in [0.15, 0.2) is 0 Å². The summed E-state index contributed by atoms with van der Waals surface area (Å²) in [6.45, 7) is 1.87. The molecule has 17 heavy (non-hydrogen) atoms. The molecule has 1 unspecified atom stereocenters. The predicted octanol–water partition coefficient (Wildman–Crippen LogP) is 2.02. The Labute approximate surface area is 101 Å². The van der Waals surface area contributed by atoms with E-state index in [9.17, 15) is 0 Å². The van der Waals surface area contributed by atoms with Gasteiger partial charge >= 0.3 is 6.02 Å². The van der Waals surface area contributed by atoms with E-state index in [2.05, 4.69) is 10.0 Å². The van der Waals surface area contributed by atoms with E-state index in [0.29, 0.717) is 12.1 Å². The largest absolute Gasteiger partial charge is 0.462 e. The van der Waals surface area contributed by atoms with Crippen LogP contribution in [-0.2, 0) is 4.74 Å². The minimum Gasteiger partial charge on any atom is -0.462 e. The molecule has 2 aliphatic heterocycles. The standard InChI is InChI=1S/C13H17N3O/c1-15-13(14-11-6-3-2-4-7-11)17-10-12-8-5-9-16(12)15/h2-4,6-7,12H,5,8-10H2,1H3. The van der Waals surface area contributed by atoms with Crippen LogP contribution in [0, 0.1) is 0 Å². The number of para-hydroxylation sites is 1. The molecule has 0 spiro atoms. The van der Waals surface area contributed by atoms with Gasteiger partial charge < -0.3 is 4.74 Å². The highest BCUT2D eigenvalue weighted by Crippen LogP contribution is 2.24. The number of aliphatic imine (C=N–C) groups is 1. The quantitative estimate of drug-likeness (QED) is 0.740. The van der Waals surface area contributed by atoms with Crippen LogP contribution in [0.1, 0.15) is 12.8 Å². The second-order valence-corrected chi connectivity index (χ2v) is 4.52. The molecule has 2 aliphatic rings. The van der Waals surface area contributed by atoms with Crippen molar-refractivity contribution in [3.63, 3.8) is 0 Å². The number of nitrogens with zero attached hydrogens (tertiary/aromatic N) is 3. The summed E-state index contributed by atoms with van der Waals surface area (Å²) in [7, 11) is 2.03. The van der Waals surface area contributed by atoms with Crippen molar-refractivity contribution in [3.8, 4) is 0 Å². The first-order valence-electron chi connectivity index (χ1n) is 6.11. The van der Waals surface area contributed by atoms with E-state index in [-0.39, 0.29) is 0 Å². The van der Waals surface area contributed by atoms with Crippen molar-refractivity contribution in [1.29, 1.82) is 0 Å². The topological polar surface area (TPSA) is 28.1 Å². The van der Waals surface area contributed by atoms with E-state index in [1.165, 1.54) is 12.8 Å². The van der Waals surface area contributed by atoms with Gasteiger partial charge in [-0.3, -0.25) is 5.01 Å². The number of hydrazine groups is 1. The number of benzene rings is 1. The molecule has 4 heteroatoms. The highest BCUT2D eigenvalue weighted by Gasteiger charge is 2.34. The molecule has 0 radical (unpaired) electrons. The molecule has 4 nitrogen and oxygen atoms in total. The molecular weight excluding hydrogens is 214 g/mol. The van der Waals surface area contributed by atoms with Gasteiger partial charge in [0.25, 0.3) is 0 Å². The lowest BCUT2D eigenvalue weighted by molar-refractivity contribution is -0.0345. The van der Waals surface area contributed by atoms with Crippen molar-refractivity contribution in [2.24, 2.45) is 4.99 Å². The molecule has 0 aromatic heterocycles. The average molecular weight is 231 g/mol. The lowest BCUT2D eigenvalue weighted by Crippen LogP contribution is -2.53. The van der Waals surface area contributed by atoms with Gasteiger partial charge in [-0.05, 0) is 25.0 Å². The van der Waals surface area contributed by atoms with Crippen molar-refractivity contribution in [3.05, 3.63) is 30.3 Å². The van der Waals surface area contributed by atoms with Crippen LogP contribution < -0.4 is 0 Å². The summed E-state index contributed by atoms with van der Waals surface area (Å²) in [5.74, 6) is 0. The lowest BCUT2D eigenvalue weighted by atomic mass is 10.2. The maximum atomic E-state index is 5.74. The SMILES string of the molecule is CN1C(=Nc2ccccc2)OCC2CCCN21. The zero-order chi connectivity index (χ0) is 11.7. The predicted molar refractivity (Wildman–Crippen MR) is 67.0 cm³/mol. The first kappa shape index (κ1) is 10.6. The Hall–Kier alpha value is -1.55. The van der Waals surface area contributed by atoms with Gasteiger partial charge in [0.2, 0.25) is 0 Å². The minimum atomic E-state index is 0.537. The fourth-order valence-corrected chi connectivity index (χ4v) is 2.48. The fraction of sp³-hybridized carbons (Fsp3) is 0.462. The van der Waals surface area contributed by atoms with Crippen LogP contribution in [0.4, 0.5) is 5.69 Å². The van der Waals surface area contributed by atoms with Crippen LogP contribution in [0.3, 0.4) is 0 Å². The van der Waals surface area contributed by atoms with Gasteiger partial charge in [0, 0.05) is 13.6 Å². The molecule has 2 fully saturated rings. The number of rotatable bonds is 1. The average Bonchev–Trinajstić information content (AvgIpc) is 2.83. The maximum absolute atomic E-state index is 5.74. The third-order valence-corrected chi connectivity index (χ3v) is 3.39. The molecule has 0 bridgehead atoms. The Balaban J connectivity index is 1.82. The van der Waals surface area contributed by atoms with Crippen LogP contribution in [0.5, 0.6) is 0 Å². The second kappa shape index (κ2) is 4.37. The molecule has 1 aromatic carbocycles. The van der Waals surface area contributed by atoms with Crippen LogP contribution in [0.25, 0.3) is 0 Å². The van der Waals surface area contributed by atoms with Crippen molar-refractivity contribution in [2.75, 3.05) is 20.2 Å². The van der Waals surface area contributed by atoms with E-state index >= 15 is 0 Å². The maximum Gasteiger partial charge on any atom is 0.307 e. The van der Waals surface area contributed by atoms with Gasteiger partial charge in [-0.2, -0.15) is 4.99 Å². The van der Waals surface area contributed by atoms with Gasteiger partial charge in [-0.1, -0.05) is 18.2 Å². The van der Waals surface area contributed by atoms with Crippen LogP contribution in [0.15, 0.2) is 35.3 Å². The zero-order valence-corrected chi connectivity index (χ0v) is 10.0. The molecule has 2 saturated heterocycles. The number of amidine groups is 1. The van der Waals surface area contributed by atoms with Crippen LogP contribution in [0.2, 0.25) is 0 Å². The van der Waals surface area contributed by atoms with Gasteiger partial charge in [0.05, 0.1) is 11.7 Å². The minimum absolute atomic E-state index is 0.537. The number of ether oxygens (including phenoxy) is 1. The first-order valence-corrected chi connectivity index (χ1v) is 6.11. The van der Waals surface area contributed by atoms with E-state index in [0.717, 1.165) is 18.8 Å². The van der Waals surface area contributed by atoms with Crippen LogP contribution in [-0.4, -0.2) is 42.3 Å². The molecule has 2 heterocycles. The molecule has 0 aliphatic carbocycles. The fourth-order valence-electron chi connectivity index (χ4n) is 2.48. The van der Waals surface area contributed by atoms with Crippen molar-refractivity contribution >= 4 is 11.7 Å². The van der Waals surface area contributed by atoms with Crippen molar-refractivity contribution < 1.29 is 4.74 Å². The number of hydrogen-bond acceptors (Lipinski definition) is 3. The lowest BCUT2D eigenvalue weighted by Gasteiger charge is -2.39. The summed E-state index contributed by atoms with van der Waals surface area (Å²) in [6, 6.07) is 11.2. The molecule has 1 aromatic rings.